The molecule has 0 saturated carbocycles. The van der Waals surface area contributed by atoms with Crippen LogP contribution in [0.1, 0.15) is 5.56 Å². The average molecular weight is 500 g/mol. The summed E-state index contributed by atoms with van der Waals surface area (Å²) in [7, 11) is 0. The van der Waals surface area contributed by atoms with Gasteiger partial charge in [0, 0.05) is 0 Å². The molecule has 0 heterocycles. The van der Waals surface area contributed by atoms with E-state index in [9.17, 15) is 0 Å². The minimum absolute atomic E-state index is 0.410. The fourth-order valence-electron chi connectivity index (χ4n) is 2.34. The summed E-state index contributed by atoms with van der Waals surface area (Å²) in [4.78, 5) is 2.50. The first-order valence-electron chi connectivity index (χ1n) is 8.83. The first-order chi connectivity index (χ1) is 13.4. The molecular weight excluding hydrogens is 478 g/mol. The van der Waals surface area contributed by atoms with Crippen molar-refractivity contribution in [3.8, 4) is 0 Å². The van der Waals surface area contributed by atoms with Crippen molar-refractivity contribution in [3.05, 3.63) is 112 Å². The first kappa shape index (κ1) is 20.3. The Kier molecular flexibility index (Phi) is 9.07. The summed E-state index contributed by atoms with van der Waals surface area (Å²) in [6.07, 6.45) is 4.49. The van der Waals surface area contributed by atoms with Crippen LogP contribution in [0.4, 0.5) is 0 Å². The molecule has 0 amide bonds. The number of rotatable bonds is 9. The molecule has 0 aliphatic heterocycles. The van der Waals surface area contributed by atoms with Gasteiger partial charge in [-0.25, -0.2) is 0 Å². The molecule has 0 atom stereocenters. The molecule has 3 aromatic rings. The second-order valence-corrected chi connectivity index (χ2v) is 11.3. The van der Waals surface area contributed by atoms with Crippen LogP contribution in [0.3, 0.4) is 0 Å². The molecule has 3 aromatic carbocycles. The SMILES string of the molecule is C(=C\c1ccccc1)/CSC/C(=C\[Se]c1ccccc1)[Se]c1ccccc1. The van der Waals surface area contributed by atoms with Gasteiger partial charge in [-0.3, -0.25) is 0 Å². The molecule has 0 nitrogen and oxygen atoms in total. The summed E-state index contributed by atoms with van der Waals surface area (Å²) in [5.41, 5.74) is 1.27. The molecule has 0 N–H and O–H groups in total. The predicted molar refractivity (Wildman–Crippen MR) is 125 cm³/mol. The average Bonchev–Trinajstić information content (AvgIpc) is 2.74. The zero-order chi connectivity index (χ0) is 18.6. The maximum atomic E-state index is 2.50. The van der Waals surface area contributed by atoms with Gasteiger partial charge in [-0.2, -0.15) is 0 Å². The van der Waals surface area contributed by atoms with Crippen LogP contribution >= 0.6 is 11.8 Å². The number of thioether (sulfide) groups is 1. The van der Waals surface area contributed by atoms with E-state index in [0.29, 0.717) is 29.9 Å². The summed E-state index contributed by atoms with van der Waals surface area (Å²) >= 11 is 2.83. The van der Waals surface area contributed by atoms with Crippen molar-refractivity contribution in [2.75, 3.05) is 11.5 Å². The van der Waals surface area contributed by atoms with Crippen LogP contribution in [-0.2, 0) is 0 Å². The molecule has 136 valence electrons. The van der Waals surface area contributed by atoms with Crippen molar-refractivity contribution >= 4 is 56.7 Å². The summed E-state index contributed by atoms with van der Waals surface area (Å²) in [5, 5.41) is 0. The van der Waals surface area contributed by atoms with Crippen molar-refractivity contribution in [2.45, 2.75) is 0 Å². The van der Waals surface area contributed by atoms with Crippen molar-refractivity contribution in [1.82, 2.24) is 0 Å². The molecule has 0 saturated heterocycles. The number of hydrogen-bond acceptors (Lipinski definition) is 1. The number of benzene rings is 3. The van der Waals surface area contributed by atoms with Gasteiger partial charge in [0.25, 0.3) is 0 Å². The van der Waals surface area contributed by atoms with Gasteiger partial charge in [0.2, 0.25) is 0 Å². The molecule has 0 spiro atoms. The Bertz CT molecular complexity index is 843. The Morgan fingerprint density at radius 1 is 0.741 bits per heavy atom. The van der Waals surface area contributed by atoms with Crippen LogP contribution in [0.15, 0.2) is 107 Å². The van der Waals surface area contributed by atoms with E-state index in [1.807, 2.05) is 11.8 Å². The Hall–Kier alpha value is -1.47. The predicted octanol–water partition coefficient (Wildman–Crippen LogP) is 4.33. The van der Waals surface area contributed by atoms with Crippen molar-refractivity contribution < 1.29 is 0 Å². The van der Waals surface area contributed by atoms with Crippen LogP contribution in [0.25, 0.3) is 6.08 Å². The van der Waals surface area contributed by atoms with E-state index < -0.39 is 0 Å². The van der Waals surface area contributed by atoms with Crippen molar-refractivity contribution in [1.29, 1.82) is 0 Å². The van der Waals surface area contributed by atoms with Gasteiger partial charge < -0.3 is 0 Å². The van der Waals surface area contributed by atoms with E-state index >= 15 is 0 Å². The quantitative estimate of drug-likeness (QED) is 0.312. The van der Waals surface area contributed by atoms with Crippen molar-refractivity contribution in [3.63, 3.8) is 0 Å². The standard InChI is InChI=1S/C24H22SSe2/c1-4-11-21(12-5-1)13-10-18-25-19-24(27-23-16-8-3-9-17-23)20-26-22-14-6-2-7-15-22/h1-17,20H,18-19H2/b13-10+,24-20+. The zero-order valence-electron chi connectivity index (χ0n) is 15.0. The fraction of sp³-hybridized carbons (Fsp3) is 0.0833. The van der Waals surface area contributed by atoms with Gasteiger partial charge in [-0.1, -0.05) is 0 Å². The van der Waals surface area contributed by atoms with E-state index in [2.05, 4.69) is 108 Å². The minimum atomic E-state index is 0.410. The molecule has 0 aromatic heterocycles. The van der Waals surface area contributed by atoms with Gasteiger partial charge >= 0.3 is 180 Å². The summed E-state index contributed by atoms with van der Waals surface area (Å²) < 4.78 is 4.50. The molecule has 0 fully saturated rings. The third-order valence-electron chi connectivity index (χ3n) is 3.63. The molecule has 27 heavy (non-hydrogen) atoms. The van der Waals surface area contributed by atoms with Gasteiger partial charge in [-0.05, 0) is 0 Å². The Balaban J connectivity index is 1.56. The van der Waals surface area contributed by atoms with E-state index in [1.165, 1.54) is 14.5 Å². The third kappa shape index (κ3) is 7.97. The second-order valence-electron chi connectivity index (χ2n) is 5.76. The van der Waals surface area contributed by atoms with E-state index in [-0.39, 0.29) is 0 Å². The van der Waals surface area contributed by atoms with Gasteiger partial charge in [-0.15, -0.1) is 0 Å². The van der Waals surface area contributed by atoms with Crippen LogP contribution in [-0.4, -0.2) is 41.4 Å². The summed E-state index contributed by atoms with van der Waals surface area (Å²) in [5.74, 6) is 2.16. The monoisotopic (exact) mass is 502 g/mol. The molecule has 0 aliphatic rings. The Morgan fingerprint density at radius 2 is 1.33 bits per heavy atom. The maximum absolute atomic E-state index is 2.50. The van der Waals surface area contributed by atoms with E-state index in [0.717, 1.165) is 11.5 Å². The molecule has 0 bridgehead atoms. The topological polar surface area (TPSA) is 0 Å². The molecule has 3 heteroatoms. The van der Waals surface area contributed by atoms with Gasteiger partial charge in [0.15, 0.2) is 0 Å². The van der Waals surface area contributed by atoms with Gasteiger partial charge in [0.1, 0.15) is 0 Å². The number of hydrogen-bond donors (Lipinski definition) is 0. The van der Waals surface area contributed by atoms with Crippen LogP contribution in [0.5, 0.6) is 0 Å². The first-order valence-corrected chi connectivity index (χ1v) is 13.5. The molecular formula is C24H22SSe2. The Labute approximate surface area is 179 Å². The summed E-state index contributed by atoms with van der Waals surface area (Å²) in [6.45, 7) is 0. The molecule has 0 aliphatic carbocycles. The summed E-state index contributed by atoms with van der Waals surface area (Å²) in [6, 6.07) is 32.2. The zero-order valence-corrected chi connectivity index (χ0v) is 19.3. The Morgan fingerprint density at radius 3 is 2.00 bits per heavy atom. The van der Waals surface area contributed by atoms with E-state index in [4.69, 9.17) is 0 Å². The second kappa shape index (κ2) is 12.1. The van der Waals surface area contributed by atoms with Crippen LogP contribution in [0, 0.1) is 0 Å². The molecule has 3 rings (SSSR count). The molecule has 0 radical (unpaired) electrons. The normalized spacial score (nSPS) is 11.8. The van der Waals surface area contributed by atoms with Crippen LogP contribution < -0.4 is 8.92 Å². The fourth-order valence-corrected chi connectivity index (χ4v) is 7.96. The van der Waals surface area contributed by atoms with Crippen LogP contribution in [0.2, 0.25) is 0 Å². The molecule has 0 unspecified atom stereocenters. The van der Waals surface area contributed by atoms with Gasteiger partial charge in [0.05, 0.1) is 0 Å². The van der Waals surface area contributed by atoms with E-state index in [1.54, 1.807) is 4.47 Å². The third-order valence-corrected chi connectivity index (χ3v) is 9.89. The van der Waals surface area contributed by atoms with Crippen molar-refractivity contribution in [2.24, 2.45) is 0 Å².